The molecule has 3 rings (SSSR count). The molecule has 0 atom stereocenters. The number of Topliss-reactive ketones (excluding diaryl/α,β-unsaturated/α-hetero) is 1. The molecule has 0 saturated heterocycles. The molecule has 1 N–H and O–H groups in total. The predicted molar refractivity (Wildman–Crippen MR) is 107 cm³/mol. The SMILES string of the molecule is CCCC[NH+](CCCC)Cc1c([O-])ccc2c1O/C(=C\c1cccnc1)C2=O. The Bertz CT molecular complexity index is 838. The molecule has 1 aromatic carbocycles. The van der Waals surface area contributed by atoms with Gasteiger partial charge in [-0.15, -0.1) is 0 Å². The highest BCUT2D eigenvalue weighted by atomic mass is 16.5. The third-order valence-corrected chi connectivity index (χ3v) is 5.07. The number of carbonyl (C=O) groups is 1. The number of allylic oxidation sites excluding steroid dienone is 1. The summed E-state index contributed by atoms with van der Waals surface area (Å²) in [6.45, 7) is 6.98. The number of aromatic nitrogens is 1. The topological polar surface area (TPSA) is 66.7 Å². The number of nitrogens with one attached hydrogen (secondary N) is 1. The first kappa shape index (κ1) is 20.1. The monoisotopic (exact) mass is 380 g/mol. The average molecular weight is 380 g/mol. The lowest BCUT2D eigenvalue weighted by Crippen LogP contribution is -3.10. The second-order valence-electron chi connectivity index (χ2n) is 7.28. The molecule has 1 aliphatic rings. The molecule has 0 spiro atoms. The highest BCUT2D eigenvalue weighted by molar-refractivity contribution is 6.14. The highest BCUT2D eigenvalue weighted by Gasteiger charge is 2.31. The maximum atomic E-state index is 12.8. The van der Waals surface area contributed by atoms with Crippen LogP contribution in [-0.2, 0) is 6.54 Å². The van der Waals surface area contributed by atoms with E-state index in [-0.39, 0.29) is 17.3 Å². The van der Waals surface area contributed by atoms with Gasteiger partial charge in [0.2, 0.25) is 5.78 Å². The molecule has 0 saturated carbocycles. The summed E-state index contributed by atoms with van der Waals surface area (Å²) in [6, 6.07) is 6.76. The van der Waals surface area contributed by atoms with E-state index in [0.29, 0.717) is 23.4 Å². The van der Waals surface area contributed by atoms with Crippen LogP contribution in [0.4, 0.5) is 0 Å². The van der Waals surface area contributed by atoms with Crippen LogP contribution in [0.1, 0.15) is 61.0 Å². The van der Waals surface area contributed by atoms with E-state index in [4.69, 9.17) is 4.74 Å². The lowest BCUT2D eigenvalue weighted by Gasteiger charge is -2.23. The fourth-order valence-corrected chi connectivity index (χ4v) is 3.47. The van der Waals surface area contributed by atoms with Crippen LogP contribution in [0.5, 0.6) is 11.5 Å². The van der Waals surface area contributed by atoms with Gasteiger partial charge < -0.3 is 14.7 Å². The van der Waals surface area contributed by atoms with E-state index in [2.05, 4.69) is 18.8 Å². The van der Waals surface area contributed by atoms with E-state index in [0.717, 1.165) is 44.3 Å². The number of quaternary nitrogens is 1. The van der Waals surface area contributed by atoms with Gasteiger partial charge in [0.15, 0.2) is 5.76 Å². The first-order chi connectivity index (χ1) is 13.6. The maximum Gasteiger partial charge on any atom is 0.231 e. The van der Waals surface area contributed by atoms with Crippen molar-refractivity contribution >= 4 is 11.9 Å². The number of carbonyl (C=O) groups excluding carboxylic acids is 1. The van der Waals surface area contributed by atoms with Gasteiger partial charge in [-0.3, -0.25) is 9.78 Å². The van der Waals surface area contributed by atoms with E-state index in [1.807, 2.05) is 12.1 Å². The molecule has 5 heteroatoms. The molecule has 0 fully saturated rings. The van der Waals surface area contributed by atoms with Gasteiger partial charge in [-0.25, -0.2) is 0 Å². The Morgan fingerprint density at radius 3 is 2.54 bits per heavy atom. The van der Waals surface area contributed by atoms with Crippen LogP contribution in [0.3, 0.4) is 0 Å². The Balaban J connectivity index is 1.88. The third kappa shape index (κ3) is 4.60. The Hall–Kier alpha value is -2.66. The van der Waals surface area contributed by atoms with E-state index in [9.17, 15) is 9.90 Å². The van der Waals surface area contributed by atoms with Crippen molar-refractivity contribution in [3.8, 4) is 11.5 Å². The Morgan fingerprint density at radius 1 is 1.14 bits per heavy atom. The largest absolute Gasteiger partial charge is 0.872 e. The minimum absolute atomic E-state index is 0.0559. The number of fused-ring (bicyclic) bond motifs is 1. The van der Waals surface area contributed by atoms with E-state index in [1.54, 1.807) is 24.5 Å². The predicted octanol–water partition coefficient (Wildman–Crippen LogP) is 2.76. The number of ether oxygens (including phenoxy) is 1. The van der Waals surface area contributed by atoms with Gasteiger partial charge in [0, 0.05) is 18.0 Å². The summed E-state index contributed by atoms with van der Waals surface area (Å²) in [5.41, 5.74) is 1.89. The average Bonchev–Trinajstić information content (AvgIpc) is 3.02. The van der Waals surface area contributed by atoms with Crippen molar-refractivity contribution in [1.82, 2.24) is 4.98 Å². The molecule has 2 aromatic rings. The number of ketones is 1. The summed E-state index contributed by atoms with van der Waals surface area (Å²) < 4.78 is 5.92. The van der Waals surface area contributed by atoms with Crippen LogP contribution in [0, 0.1) is 0 Å². The molecule has 1 aromatic heterocycles. The number of pyridine rings is 1. The van der Waals surface area contributed by atoms with Gasteiger partial charge in [-0.2, -0.15) is 0 Å². The van der Waals surface area contributed by atoms with Gasteiger partial charge >= 0.3 is 0 Å². The smallest absolute Gasteiger partial charge is 0.231 e. The van der Waals surface area contributed by atoms with Gasteiger partial charge in [0.1, 0.15) is 12.3 Å². The second-order valence-corrected chi connectivity index (χ2v) is 7.28. The molecular weight excluding hydrogens is 352 g/mol. The molecule has 2 heterocycles. The molecule has 5 nitrogen and oxygen atoms in total. The van der Waals surface area contributed by atoms with Gasteiger partial charge in [0.05, 0.1) is 18.7 Å². The lowest BCUT2D eigenvalue weighted by molar-refractivity contribution is -0.914. The molecule has 1 aliphatic heterocycles. The Kier molecular flexibility index (Phi) is 6.82. The van der Waals surface area contributed by atoms with E-state index >= 15 is 0 Å². The van der Waals surface area contributed by atoms with Crippen LogP contribution < -0.4 is 14.7 Å². The number of hydrogen-bond donors (Lipinski definition) is 1. The molecule has 0 amide bonds. The summed E-state index contributed by atoms with van der Waals surface area (Å²) in [5.74, 6) is 0.458. The summed E-state index contributed by atoms with van der Waals surface area (Å²) in [5, 5.41) is 12.6. The first-order valence-electron chi connectivity index (χ1n) is 10.1. The number of benzene rings is 1. The highest BCUT2D eigenvalue weighted by Crippen LogP contribution is 2.38. The summed E-state index contributed by atoms with van der Waals surface area (Å²) >= 11 is 0. The molecule has 0 radical (unpaired) electrons. The van der Waals surface area contributed by atoms with E-state index in [1.165, 1.54) is 11.0 Å². The summed E-state index contributed by atoms with van der Waals surface area (Å²) in [4.78, 5) is 18.2. The summed E-state index contributed by atoms with van der Waals surface area (Å²) in [6.07, 6.45) is 9.53. The van der Waals surface area contributed by atoms with Crippen LogP contribution in [-0.4, -0.2) is 23.9 Å². The molecular formula is C23H28N2O3. The summed E-state index contributed by atoms with van der Waals surface area (Å²) in [7, 11) is 0. The van der Waals surface area contributed by atoms with Gasteiger partial charge in [-0.1, -0.05) is 44.6 Å². The fourth-order valence-electron chi connectivity index (χ4n) is 3.47. The number of unbranched alkanes of at least 4 members (excludes halogenated alkanes) is 2. The first-order valence-corrected chi connectivity index (χ1v) is 10.1. The standard InChI is InChI=1S/C23H28N2O3/c1-3-5-12-25(13-6-4-2)16-19-20(26)10-9-18-22(27)21(28-23(18)19)14-17-8-7-11-24-15-17/h7-11,14-15,26H,3-6,12-13,16H2,1-2H3/b21-14-. The molecule has 28 heavy (non-hydrogen) atoms. The number of nitrogens with zero attached hydrogens (tertiary/aromatic N) is 1. The molecule has 0 bridgehead atoms. The number of rotatable bonds is 9. The van der Waals surface area contributed by atoms with Crippen LogP contribution in [0.25, 0.3) is 6.08 Å². The zero-order valence-electron chi connectivity index (χ0n) is 16.7. The lowest BCUT2D eigenvalue weighted by atomic mass is 10.0. The second kappa shape index (κ2) is 9.51. The van der Waals surface area contributed by atoms with Crippen molar-refractivity contribution in [2.45, 2.75) is 46.1 Å². The van der Waals surface area contributed by atoms with Crippen molar-refractivity contribution in [2.75, 3.05) is 13.1 Å². The Morgan fingerprint density at radius 2 is 1.89 bits per heavy atom. The third-order valence-electron chi connectivity index (χ3n) is 5.07. The normalized spacial score (nSPS) is 14.5. The number of hydrogen-bond acceptors (Lipinski definition) is 4. The van der Waals surface area contributed by atoms with Crippen molar-refractivity contribution < 1.29 is 19.5 Å². The molecule has 0 aliphatic carbocycles. The van der Waals surface area contributed by atoms with Crippen molar-refractivity contribution in [3.63, 3.8) is 0 Å². The Labute approximate surface area is 166 Å². The maximum absolute atomic E-state index is 12.8. The van der Waals surface area contributed by atoms with Crippen LogP contribution >= 0.6 is 0 Å². The van der Waals surface area contributed by atoms with Crippen molar-refractivity contribution in [2.24, 2.45) is 0 Å². The molecule has 148 valence electrons. The fraction of sp³-hybridized carbons (Fsp3) is 0.391. The van der Waals surface area contributed by atoms with Gasteiger partial charge in [0.25, 0.3) is 0 Å². The van der Waals surface area contributed by atoms with Crippen LogP contribution in [0.2, 0.25) is 0 Å². The zero-order chi connectivity index (χ0) is 19.9. The molecule has 0 unspecified atom stereocenters. The minimum Gasteiger partial charge on any atom is -0.872 e. The van der Waals surface area contributed by atoms with Crippen LogP contribution in [0.15, 0.2) is 42.4 Å². The van der Waals surface area contributed by atoms with Gasteiger partial charge in [-0.05, 0) is 36.6 Å². The quantitative estimate of drug-likeness (QED) is 0.680. The zero-order valence-corrected chi connectivity index (χ0v) is 16.7. The van der Waals surface area contributed by atoms with E-state index < -0.39 is 0 Å². The van der Waals surface area contributed by atoms with Crippen molar-refractivity contribution in [3.05, 3.63) is 59.1 Å². The minimum atomic E-state index is -0.177. The van der Waals surface area contributed by atoms with Crippen molar-refractivity contribution in [1.29, 1.82) is 0 Å².